The van der Waals surface area contributed by atoms with Crippen molar-refractivity contribution < 1.29 is 9.18 Å². The van der Waals surface area contributed by atoms with E-state index in [0.29, 0.717) is 12.0 Å². The summed E-state index contributed by atoms with van der Waals surface area (Å²) in [4.78, 5) is 11.7. The molecule has 0 fully saturated rings. The monoisotopic (exact) mass is 208 g/mol. The number of halogens is 1. The highest BCUT2D eigenvalue weighted by atomic mass is 19.1. The molecule has 0 bridgehead atoms. The fourth-order valence-corrected chi connectivity index (χ4v) is 1.27. The number of hydrogen-bond acceptors (Lipinski definition) is 1. The number of rotatable bonds is 3. The lowest BCUT2D eigenvalue weighted by molar-refractivity contribution is 0.0966. The molecule has 1 rings (SSSR count). The highest BCUT2D eigenvalue weighted by molar-refractivity contribution is 5.95. The molecule has 1 aromatic rings. The first kappa shape index (κ1) is 11.9. The Labute approximate surface area is 90.3 Å². The van der Waals surface area contributed by atoms with Gasteiger partial charge in [0.05, 0.1) is 0 Å². The number of ketones is 1. The third kappa shape index (κ3) is 4.24. The van der Waals surface area contributed by atoms with Crippen LogP contribution in [-0.2, 0) is 0 Å². The van der Waals surface area contributed by atoms with Gasteiger partial charge in [-0.15, -0.1) is 0 Å². The molecule has 0 aliphatic rings. The highest BCUT2D eigenvalue weighted by Crippen LogP contribution is 2.21. The molecule has 0 aromatic heterocycles. The van der Waals surface area contributed by atoms with Gasteiger partial charge in [0.25, 0.3) is 0 Å². The van der Waals surface area contributed by atoms with Gasteiger partial charge in [0.15, 0.2) is 5.78 Å². The molecule has 15 heavy (non-hydrogen) atoms. The van der Waals surface area contributed by atoms with Gasteiger partial charge in [-0.1, -0.05) is 20.8 Å². The maximum absolute atomic E-state index is 12.6. The minimum absolute atomic E-state index is 0.0879. The first-order chi connectivity index (χ1) is 6.88. The molecule has 0 unspecified atom stereocenters. The average molecular weight is 208 g/mol. The standard InChI is InChI=1S/C13H17FO/c1-13(2,3)9-8-12(15)10-4-6-11(14)7-5-10/h4-7H,8-9H2,1-3H3. The summed E-state index contributed by atoms with van der Waals surface area (Å²) >= 11 is 0. The summed E-state index contributed by atoms with van der Waals surface area (Å²) < 4.78 is 12.6. The third-order valence-electron chi connectivity index (χ3n) is 2.27. The zero-order chi connectivity index (χ0) is 11.5. The summed E-state index contributed by atoms with van der Waals surface area (Å²) in [6.45, 7) is 6.31. The van der Waals surface area contributed by atoms with Crippen molar-refractivity contribution in [2.24, 2.45) is 5.41 Å². The summed E-state index contributed by atoms with van der Waals surface area (Å²) in [6, 6.07) is 5.73. The van der Waals surface area contributed by atoms with E-state index < -0.39 is 0 Å². The third-order valence-corrected chi connectivity index (χ3v) is 2.27. The van der Waals surface area contributed by atoms with Crippen molar-refractivity contribution in [3.8, 4) is 0 Å². The second-order valence-electron chi connectivity index (χ2n) is 4.99. The van der Waals surface area contributed by atoms with E-state index in [1.165, 1.54) is 12.1 Å². The maximum Gasteiger partial charge on any atom is 0.162 e. The number of carbonyl (C=O) groups is 1. The van der Waals surface area contributed by atoms with E-state index in [0.717, 1.165) is 6.42 Å². The van der Waals surface area contributed by atoms with Crippen LogP contribution in [0.2, 0.25) is 0 Å². The molecule has 82 valence electrons. The van der Waals surface area contributed by atoms with Crippen LogP contribution in [0.3, 0.4) is 0 Å². The van der Waals surface area contributed by atoms with Crippen LogP contribution >= 0.6 is 0 Å². The predicted octanol–water partition coefficient (Wildman–Crippen LogP) is 3.83. The zero-order valence-electron chi connectivity index (χ0n) is 9.51. The Hall–Kier alpha value is -1.18. The van der Waals surface area contributed by atoms with Crippen molar-refractivity contribution in [3.63, 3.8) is 0 Å². The Balaban J connectivity index is 2.58. The molecule has 0 atom stereocenters. The lowest BCUT2D eigenvalue weighted by Crippen LogP contribution is -2.09. The predicted molar refractivity (Wildman–Crippen MR) is 59.4 cm³/mol. The summed E-state index contributed by atoms with van der Waals surface area (Å²) in [7, 11) is 0. The molecule has 0 aliphatic heterocycles. The summed E-state index contributed by atoms with van der Waals surface area (Å²) in [5.74, 6) is -0.215. The number of Topliss-reactive ketones (excluding diaryl/α,β-unsaturated/α-hetero) is 1. The molecule has 0 saturated carbocycles. The fraction of sp³-hybridized carbons (Fsp3) is 0.462. The topological polar surface area (TPSA) is 17.1 Å². The first-order valence-corrected chi connectivity index (χ1v) is 5.17. The van der Waals surface area contributed by atoms with Gasteiger partial charge in [0.1, 0.15) is 5.82 Å². The van der Waals surface area contributed by atoms with E-state index in [1.807, 2.05) is 0 Å². The lowest BCUT2D eigenvalue weighted by atomic mass is 9.88. The van der Waals surface area contributed by atoms with E-state index in [4.69, 9.17) is 0 Å². The normalized spacial score (nSPS) is 11.5. The van der Waals surface area contributed by atoms with Gasteiger partial charge in [-0.05, 0) is 36.1 Å². The Morgan fingerprint density at radius 2 is 1.73 bits per heavy atom. The largest absolute Gasteiger partial charge is 0.294 e. The van der Waals surface area contributed by atoms with E-state index >= 15 is 0 Å². The second-order valence-corrected chi connectivity index (χ2v) is 4.99. The molecule has 0 saturated heterocycles. The average Bonchev–Trinajstić information content (AvgIpc) is 2.14. The SMILES string of the molecule is CC(C)(C)CCC(=O)c1ccc(F)cc1. The maximum atomic E-state index is 12.6. The summed E-state index contributed by atoms with van der Waals surface area (Å²) in [6.07, 6.45) is 1.37. The zero-order valence-corrected chi connectivity index (χ0v) is 9.51. The van der Waals surface area contributed by atoms with Crippen LogP contribution in [-0.4, -0.2) is 5.78 Å². The highest BCUT2D eigenvalue weighted by Gasteiger charge is 2.13. The lowest BCUT2D eigenvalue weighted by Gasteiger charge is -2.16. The van der Waals surface area contributed by atoms with Crippen molar-refractivity contribution >= 4 is 5.78 Å². The number of benzene rings is 1. The van der Waals surface area contributed by atoms with E-state index in [1.54, 1.807) is 12.1 Å². The Morgan fingerprint density at radius 1 is 1.20 bits per heavy atom. The molecular formula is C13H17FO. The van der Waals surface area contributed by atoms with Gasteiger partial charge >= 0.3 is 0 Å². The minimum atomic E-state index is -0.303. The summed E-state index contributed by atoms with van der Waals surface area (Å²) in [5, 5.41) is 0. The van der Waals surface area contributed by atoms with Crippen LogP contribution < -0.4 is 0 Å². The van der Waals surface area contributed by atoms with Gasteiger partial charge in [-0.3, -0.25) is 4.79 Å². The van der Waals surface area contributed by atoms with Crippen LogP contribution in [0, 0.1) is 11.2 Å². The van der Waals surface area contributed by atoms with Gasteiger partial charge in [-0.2, -0.15) is 0 Å². The number of carbonyl (C=O) groups excluding carboxylic acids is 1. The molecule has 0 amide bonds. The Bertz CT molecular complexity index is 333. The molecule has 0 aliphatic carbocycles. The quantitative estimate of drug-likeness (QED) is 0.690. The fourth-order valence-electron chi connectivity index (χ4n) is 1.27. The van der Waals surface area contributed by atoms with Crippen molar-refractivity contribution in [1.29, 1.82) is 0 Å². The first-order valence-electron chi connectivity index (χ1n) is 5.17. The number of hydrogen-bond donors (Lipinski definition) is 0. The Morgan fingerprint density at radius 3 is 2.20 bits per heavy atom. The summed E-state index contributed by atoms with van der Waals surface area (Å²) in [5.41, 5.74) is 0.760. The van der Waals surface area contributed by atoms with Gasteiger partial charge in [0.2, 0.25) is 0 Å². The van der Waals surface area contributed by atoms with Crippen molar-refractivity contribution in [2.75, 3.05) is 0 Å². The van der Waals surface area contributed by atoms with Gasteiger partial charge in [0, 0.05) is 12.0 Å². The van der Waals surface area contributed by atoms with Crippen molar-refractivity contribution in [1.82, 2.24) is 0 Å². The minimum Gasteiger partial charge on any atom is -0.294 e. The second kappa shape index (κ2) is 4.56. The van der Waals surface area contributed by atoms with Crippen LogP contribution in [0.1, 0.15) is 44.0 Å². The molecule has 1 aromatic carbocycles. The Kier molecular flexibility index (Phi) is 3.61. The molecular weight excluding hydrogens is 191 g/mol. The van der Waals surface area contributed by atoms with Gasteiger partial charge in [-0.25, -0.2) is 4.39 Å². The molecule has 0 radical (unpaired) electrons. The van der Waals surface area contributed by atoms with Crippen LogP contribution in [0.15, 0.2) is 24.3 Å². The van der Waals surface area contributed by atoms with E-state index in [-0.39, 0.29) is 17.0 Å². The van der Waals surface area contributed by atoms with Crippen molar-refractivity contribution in [3.05, 3.63) is 35.6 Å². The smallest absolute Gasteiger partial charge is 0.162 e. The molecule has 0 heterocycles. The molecule has 0 spiro atoms. The van der Waals surface area contributed by atoms with E-state index in [2.05, 4.69) is 20.8 Å². The van der Waals surface area contributed by atoms with Crippen LogP contribution in [0.5, 0.6) is 0 Å². The molecule has 1 nitrogen and oxygen atoms in total. The molecule has 0 N–H and O–H groups in total. The van der Waals surface area contributed by atoms with Gasteiger partial charge < -0.3 is 0 Å². The van der Waals surface area contributed by atoms with Crippen molar-refractivity contribution in [2.45, 2.75) is 33.6 Å². The van der Waals surface area contributed by atoms with Crippen LogP contribution in [0.4, 0.5) is 4.39 Å². The van der Waals surface area contributed by atoms with Crippen LogP contribution in [0.25, 0.3) is 0 Å². The van der Waals surface area contributed by atoms with E-state index in [9.17, 15) is 9.18 Å². The molecule has 2 heteroatoms.